The molecule has 1 aromatic carbocycles. The molecule has 1 N–H and O–H groups in total. The van der Waals surface area contributed by atoms with E-state index in [-0.39, 0.29) is 12.4 Å². The lowest BCUT2D eigenvalue weighted by atomic mass is 10.1. The zero-order chi connectivity index (χ0) is 14.5. The summed E-state index contributed by atoms with van der Waals surface area (Å²) in [6.07, 6.45) is 3.19. The number of nitrogens with zero attached hydrogens (tertiary/aromatic N) is 2. The standard InChI is InChI=1S/C14H14N2O4/c1-20-14(19)12-4-2-10(3-5-12)8-16-9-11(7-15-16)6-13(17)18/h2-5,7,9H,6,8H2,1H3,(H,17,18). The molecule has 1 aromatic heterocycles. The van der Waals surface area contributed by atoms with E-state index < -0.39 is 5.97 Å². The van der Waals surface area contributed by atoms with E-state index >= 15 is 0 Å². The van der Waals surface area contributed by atoms with Crippen molar-refractivity contribution in [3.63, 3.8) is 0 Å². The van der Waals surface area contributed by atoms with E-state index in [4.69, 9.17) is 5.11 Å². The van der Waals surface area contributed by atoms with Gasteiger partial charge in [-0.15, -0.1) is 0 Å². The molecule has 1 heterocycles. The van der Waals surface area contributed by atoms with Gasteiger partial charge in [-0.3, -0.25) is 9.48 Å². The summed E-state index contributed by atoms with van der Waals surface area (Å²) in [6, 6.07) is 6.99. The normalized spacial score (nSPS) is 10.2. The average molecular weight is 274 g/mol. The van der Waals surface area contributed by atoms with Crippen molar-refractivity contribution in [2.45, 2.75) is 13.0 Å². The van der Waals surface area contributed by atoms with Crippen molar-refractivity contribution in [1.82, 2.24) is 9.78 Å². The maximum atomic E-state index is 11.3. The molecule has 104 valence electrons. The Morgan fingerprint density at radius 3 is 2.55 bits per heavy atom. The van der Waals surface area contributed by atoms with Crippen LogP contribution in [0.1, 0.15) is 21.5 Å². The third-order valence-electron chi connectivity index (χ3n) is 2.76. The highest BCUT2D eigenvalue weighted by molar-refractivity contribution is 5.89. The van der Waals surface area contributed by atoms with Gasteiger partial charge in [-0.05, 0) is 17.7 Å². The van der Waals surface area contributed by atoms with Gasteiger partial charge < -0.3 is 9.84 Å². The molecule has 0 fully saturated rings. The van der Waals surface area contributed by atoms with Gasteiger partial charge in [0.2, 0.25) is 0 Å². The van der Waals surface area contributed by atoms with Gasteiger partial charge in [-0.25, -0.2) is 4.79 Å². The highest BCUT2D eigenvalue weighted by atomic mass is 16.5. The summed E-state index contributed by atoms with van der Waals surface area (Å²) in [6.45, 7) is 0.515. The van der Waals surface area contributed by atoms with E-state index in [9.17, 15) is 9.59 Å². The van der Waals surface area contributed by atoms with Gasteiger partial charge in [0.1, 0.15) is 0 Å². The van der Waals surface area contributed by atoms with Crippen molar-refractivity contribution in [2.75, 3.05) is 7.11 Å². The Kier molecular flexibility index (Phi) is 4.14. The fourth-order valence-electron chi connectivity index (χ4n) is 1.81. The van der Waals surface area contributed by atoms with Crippen LogP contribution in [0.15, 0.2) is 36.7 Å². The van der Waals surface area contributed by atoms with E-state index in [0.29, 0.717) is 17.7 Å². The van der Waals surface area contributed by atoms with E-state index in [1.54, 1.807) is 23.0 Å². The lowest BCUT2D eigenvalue weighted by Gasteiger charge is -2.03. The van der Waals surface area contributed by atoms with Crippen LogP contribution in [-0.4, -0.2) is 33.9 Å². The number of ether oxygens (including phenoxy) is 1. The van der Waals surface area contributed by atoms with Crippen molar-refractivity contribution in [3.05, 3.63) is 53.3 Å². The molecule has 0 bridgehead atoms. The lowest BCUT2D eigenvalue weighted by molar-refractivity contribution is -0.136. The molecule has 2 rings (SSSR count). The maximum Gasteiger partial charge on any atom is 0.337 e. The van der Waals surface area contributed by atoms with Gasteiger partial charge in [0.05, 0.1) is 31.8 Å². The Bertz CT molecular complexity index is 616. The topological polar surface area (TPSA) is 81.4 Å². The first-order chi connectivity index (χ1) is 9.58. The van der Waals surface area contributed by atoms with Crippen LogP contribution in [0.3, 0.4) is 0 Å². The Hall–Kier alpha value is -2.63. The van der Waals surface area contributed by atoms with Gasteiger partial charge in [0.25, 0.3) is 0 Å². The molecule has 0 spiro atoms. The van der Waals surface area contributed by atoms with Crippen molar-refractivity contribution in [1.29, 1.82) is 0 Å². The van der Waals surface area contributed by atoms with Gasteiger partial charge >= 0.3 is 11.9 Å². The first kappa shape index (κ1) is 13.8. The summed E-state index contributed by atoms with van der Waals surface area (Å²) in [7, 11) is 1.34. The number of aliphatic carboxylic acids is 1. The van der Waals surface area contributed by atoms with E-state index in [0.717, 1.165) is 5.56 Å². The number of carboxylic acid groups (broad SMARTS) is 1. The minimum Gasteiger partial charge on any atom is -0.481 e. The molecule has 0 saturated carbocycles. The average Bonchev–Trinajstić information content (AvgIpc) is 2.85. The number of rotatable bonds is 5. The number of aromatic nitrogens is 2. The van der Waals surface area contributed by atoms with Gasteiger partial charge in [-0.1, -0.05) is 12.1 Å². The molecular weight excluding hydrogens is 260 g/mol. The maximum absolute atomic E-state index is 11.3. The van der Waals surface area contributed by atoms with Crippen LogP contribution in [0.2, 0.25) is 0 Å². The number of methoxy groups -OCH3 is 1. The lowest BCUT2D eigenvalue weighted by Crippen LogP contribution is -2.03. The van der Waals surface area contributed by atoms with Crippen LogP contribution < -0.4 is 0 Å². The molecule has 0 saturated heterocycles. The summed E-state index contributed by atoms with van der Waals surface area (Å²) < 4.78 is 6.28. The minimum absolute atomic E-state index is 0.0404. The second-order valence-electron chi connectivity index (χ2n) is 4.31. The predicted octanol–water partition coefficient (Wildman–Crippen LogP) is 1.35. The Labute approximate surface area is 115 Å². The minimum atomic E-state index is -0.882. The summed E-state index contributed by atoms with van der Waals surface area (Å²) in [5.74, 6) is -1.26. The third-order valence-corrected chi connectivity index (χ3v) is 2.76. The van der Waals surface area contributed by atoms with Crippen LogP contribution in [0.4, 0.5) is 0 Å². The van der Waals surface area contributed by atoms with E-state index in [2.05, 4.69) is 9.84 Å². The Morgan fingerprint density at radius 2 is 1.95 bits per heavy atom. The fraction of sp³-hybridized carbons (Fsp3) is 0.214. The first-order valence-electron chi connectivity index (χ1n) is 5.99. The van der Waals surface area contributed by atoms with Crippen molar-refractivity contribution in [2.24, 2.45) is 0 Å². The molecule has 0 amide bonds. The molecule has 0 aliphatic carbocycles. The summed E-state index contributed by atoms with van der Waals surface area (Å²) in [4.78, 5) is 21.9. The van der Waals surface area contributed by atoms with Crippen molar-refractivity contribution >= 4 is 11.9 Å². The van der Waals surface area contributed by atoms with Crippen molar-refractivity contribution < 1.29 is 19.4 Å². The summed E-state index contributed by atoms with van der Waals surface area (Å²) in [5, 5.41) is 12.8. The molecule has 0 atom stereocenters. The quantitative estimate of drug-likeness (QED) is 0.832. The van der Waals surface area contributed by atoms with E-state index in [1.165, 1.54) is 13.3 Å². The Morgan fingerprint density at radius 1 is 1.25 bits per heavy atom. The second-order valence-corrected chi connectivity index (χ2v) is 4.31. The summed E-state index contributed by atoms with van der Waals surface area (Å²) in [5.41, 5.74) is 2.11. The zero-order valence-corrected chi connectivity index (χ0v) is 10.9. The van der Waals surface area contributed by atoms with Crippen LogP contribution in [0, 0.1) is 0 Å². The van der Waals surface area contributed by atoms with Gasteiger partial charge in [-0.2, -0.15) is 5.10 Å². The molecule has 6 heteroatoms. The molecule has 0 aliphatic rings. The number of hydrogen-bond acceptors (Lipinski definition) is 4. The highest BCUT2D eigenvalue weighted by Crippen LogP contribution is 2.08. The predicted molar refractivity (Wildman–Crippen MR) is 70.5 cm³/mol. The third kappa shape index (κ3) is 3.44. The fourth-order valence-corrected chi connectivity index (χ4v) is 1.81. The monoisotopic (exact) mass is 274 g/mol. The zero-order valence-electron chi connectivity index (χ0n) is 10.9. The number of carboxylic acids is 1. The van der Waals surface area contributed by atoms with E-state index in [1.807, 2.05) is 12.1 Å². The number of carbonyl (C=O) groups excluding carboxylic acids is 1. The molecular formula is C14H14N2O4. The number of hydrogen-bond donors (Lipinski definition) is 1. The molecule has 2 aromatic rings. The SMILES string of the molecule is COC(=O)c1ccc(Cn2cc(CC(=O)O)cn2)cc1. The van der Waals surface area contributed by atoms with Gasteiger partial charge in [0.15, 0.2) is 0 Å². The second kappa shape index (κ2) is 6.01. The molecule has 20 heavy (non-hydrogen) atoms. The molecule has 6 nitrogen and oxygen atoms in total. The molecule has 0 radical (unpaired) electrons. The molecule has 0 unspecified atom stereocenters. The summed E-state index contributed by atoms with van der Waals surface area (Å²) >= 11 is 0. The smallest absolute Gasteiger partial charge is 0.337 e. The van der Waals surface area contributed by atoms with Gasteiger partial charge in [0, 0.05) is 11.8 Å². The Balaban J connectivity index is 2.04. The van der Waals surface area contributed by atoms with Crippen LogP contribution in [0.5, 0.6) is 0 Å². The van der Waals surface area contributed by atoms with Crippen LogP contribution >= 0.6 is 0 Å². The number of benzene rings is 1. The first-order valence-corrected chi connectivity index (χ1v) is 5.99. The largest absolute Gasteiger partial charge is 0.481 e. The highest BCUT2D eigenvalue weighted by Gasteiger charge is 2.06. The molecule has 0 aliphatic heterocycles. The van der Waals surface area contributed by atoms with Crippen LogP contribution in [0.25, 0.3) is 0 Å². The van der Waals surface area contributed by atoms with Crippen LogP contribution in [-0.2, 0) is 22.5 Å². The number of carbonyl (C=O) groups is 2. The van der Waals surface area contributed by atoms with Crippen molar-refractivity contribution in [3.8, 4) is 0 Å². The number of esters is 1.